The number of pyridine rings is 1. The Bertz CT molecular complexity index is 636. The zero-order valence-electron chi connectivity index (χ0n) is 9.81. The van der Waals surface area contributed by atoms with Crippen molar-refractivity contribution in [2.75, 3.05) is 0 Å². The fraction of sp³-hybridized carbons (Fsp3) is 0.300. The van der Waals surface area contributed by atoms with Gasteiger partial charge in [-0.1, -0.05) is 6.92 Å². The molecule has 2 N–H and O–H groups in total. The molecule has 0 spiro atoms. The highest BCUT2D eigenvalue weighted by molar-refractivity contribution is 7.89. The summed E-state index contributed by atoms with van der Waals surface area (Å²) < 4.78 is 24.3. The first-order valence-electron chi connectivity index (χ1n) is 5.40. The molecule has 0 amide bonds. The van der Waals surface area contributed by atoms with E-state index >= 15 is 0 Å². The first-order chi connectivity index (χ1) is 8.54. The lowest BCUT2D eigenvalue weighted by atomic mass is 10.2. The zero-order chi connectivity index (χ0) is 13.2. The maximum Gasteiger partial charge on any atom is 0.273 e. The molecule has 7 nitrogen and oxygen atoms in total. The van der Waals surface area contributed by atoms with Crippen molar-refractivity contribution in [2.45, 2.75) is 25.0 Å². The van der Waals surface area contributed by atoms with Crippen molar-refractivity contribution in [3.63, 3.8) is 0 Å². The van der Waals surface area contributed by atoms with Crippen LogP contribution in [-0.4, -0.2) is 28.2 Å². The van der Waals surface area contributed by atoms with Crippen molar-refractivity contribution in [1.82, 2.24) is 19.7 Å². The molecule has 0 fully saturated rings. The van der Waals surface area contributed by atoms with Crippen LogP contribution in [0.25, 0.3) is 11.4 Å². The maximum absolute atomic E-state index is 11.4. The van der Waals surface area contributed by atoms with E-state index in [1.165, 1.54) is 4.57 Å². The Morgan fingerprint density at radius 3 is 2.50 bits per heavy atom. The minimum absolute atomic E-state index is 0.212. The molecule has 96 valence electrons. The molecule has 0 aliphatic carbocycles. The van der Waals surface area contributed by atoms with Crippen molar-refractivity contribution < 1.29 is 8.42 Å². The van der Waals surface area contributed by atoms with E-state index in [1.807, 2.05) is 6.92 Å². The summed E-state index contributed by atoms with van der Waals surface area (Å²) in [5, 5.41) is 12.5. The minimum atomic E-state index is -3.87. The number of nitrogens with zero attached hydrogens (tertiary/aromatic N) is 4. The molecule has 8 heteroatoms. The third-order valence-electron chi connectivity index (χ3n) is 2.36. The van der Waals surface area contributed by atoms with Gasteiger partial charge in [-0.2, -0.15) is 0 Å². The van der Waals surface area contributed by atoms with Crippen LogP contribution in [0.2, 0.25) is 0 Å². The number of hydrogen-bond acceptors (Lipinski definition) is 5. The summed E-state index contributed by atoms with van der Waals surface area (Å²) in [6.45, 7) is 2.42. The number of sulfonamides is 1. The van der Waals surface area contributed by atoms with Gasteiger partial charge in [0, 0.05) is 24.5 Å². The molecule has 0 radical (unpaired) electrons. The van der Waals surface area contributed by atoms with Gasteiger partial charge in [0.25, 0.3) is 15.2 Å². The number of aromatic nitrogens is 4. The van der Waals surface area contributed by atoms with Gasteiger partial charge >= 0.3 is 0 Å². The third-order valence-corrected chi connectivity index (χ3v) is 3.17. The third kappa shape index (κ3) is 2.39. The van der Waals surface area contributed by atoms with Crippen molar-refractivity contribution in [2.24, 2.45) is 5.14 Å². The normalized spacial score (nSPS) is 11.7. The van der Waals surface area contributed by atoms with Crippen LogP contribution >= 0.6 is 0 Å². The van der Waals surface area contributed by atoms with Crippen LogP contribution < -0.4 is 5.14 Å². The van der Waals surface area contributed by atoms with E-state index in [4.69, 9.17) is 5.14 Å². The lowest BCUT2D eigenvalue weighted by molar-refractivity contribution is 0.559. The van der Waals surface area contributed by atoms with Gasteiger partial charge in [-0.3, -0.25) is 9.55 Å². The van der Waals surface area contributed by atoms with Gasteiger partial charge in [0.05, 0.1) is 0 Å². The average molecular weight is 267 g/mol. The molecule has 2 rings (SSSR count). The molecular weight excluding hydrogens is 254 g/mol. The highest BCUT2D eigenvalue weighted by Crippen LogP contribution is 2.19. The van der Waals surface area contributed by atoms with Crippen molar-refractivity contribution >= 4 is 10.0 Å². The van der Waals surface area contributed by atoms with E-state index in [0.29, 0.717) is 12.4 Å². The van der Waals surface area contributed by atoms with Gasteiger partial charge in [0.1, 0.15) is 0 Å². The first kappa shape index (κ1) is 12.7. The molecule has 2 aromatic rings. The monoisotopic (exact) mass is 267 g/mol. The molecule has 0 bridgehead atoms. The average Bonchev–Trinajstić information content (AvgIpc) is 2.74. The van der Waals surface area contributed by atoms with Crippen LogP contribution in [0.3, 0.4) is 0 Å². The number of hydrogen-bond donors (Lipinski definition) is 1. The maximum atomic E-state index is 11.4. The molecular formula is C10H13N5O2S. The van der Waals surface area contributed by atoms with Gasteiger partial charge in [-0.15, -0.1) is 10.2 Å². The Morgan fingerprint density at radius 2 is 1.94 bits per heavy atom. The summed E-state index contributed by atoms with van der Waals surface area (Å²) in [6, 6.07) is 3.48. The van der Waals surface area contributed by atoms with Crippen molar-refractivity contribution in [3.8, 4) is 11.4 Å². The van der Waals surface area contributed by atoms with Gasteiger partial charge in [-0.05, 0) is 18.6 Å². The molecule has 2 heterocycles. The van der Waals surface area contributed by atoms with Crippen molar-refractivity contribution in [1.29, 1.82) is 0 Å². The Labute approximate surface area is 105 Å². The van der Waals surface area contributed by atoms with Gasteiger partial charge < -0.3 is 0 Å². The summed E-state index contributed by atoms with van der Waals surface area (Å²) in [5.74, 6) is 0.475. The largest absolute Gasteiger partial charge is 0.297 e. The summed E-state index contributed by atoms with van der Waals surface area (Å²) in [4.78, 5) is 3.90. The quantitative estimate of drug-likeness (QED) is 0.863. The topological polar surface area (TPSA) is 104 Å². The number of primary sulfonamides is 1. The van der Waals surface area contributed by atoms with E-state index in [1.54, 1.807) is 24.5 Å². The Kier molecular flexibility index (Phi) is 3.39. The Hall–Kier alpha value is -1.80. The standard InChI is InChI=1S/C10H13N5O2S/c1-2-7-15-9(8-3-5-12-6-4-8)13-14-10(15)18(11,16)17/h3-6H,2,7H2,1H3,(H2,11,16,17). The smallest absolute Gasteiger partial charge is 0.273 e. The lowest BCUT2D eigenvalue weighted by Gasteiger charge is -2.07. The zero-order valence-corrected chi connectivity index (χ0v) is 10.6. The van der Waals surface area contributed by atoms with Crippen LogP contribution in [0.4, 0.5) is 0 Å². The Balaban J connectivity index is 2.60. The number of rotatable bonds is 4. The Morgan fingerprint density at radius 1 is 1.28 bits per heavy atom. The highest BCUT2D eigenvalue weighted by Gasteiger charge is 2.21. The molecule has 0 aromatic carbocycles. The molecule has 0 saturated heterocycles. The summed E-state index contributed by atoms with van der Waals surface area (Å²) in [5.41, 5.74) is 0.751. The molecule has 0 saturated carbocycles. The highest BCUT2D eigenvalue weighted by atomic mass is 32.2. The lowest BCUT2D eigenvalue weighted by Crippen LogP contribution is -2.19. The van der Waals surface area contributed by atoms with E-state index in [-0.39, 0.29) is 5.16 Å². The second-order valence-corrected chi connectivity index (χ2v) is 5.19. The molecule has 2 aromatic heterocycles. The van der Waals surface area contributed by atoms with E-state index < -0.39 is 10.0 Å². The SMILES string of the molecule is CCCn1c(-c2ccncc2)nnc1S(N)(=O)=O. The van der Waals surface area contributed by atoms with Gasteiger partial charge in [0.15, 0.2) is 5.82 Å². The molecule has 0 aliphatic rings. The fourth-order valence-corrected chi connectivity index (χ4v) is 2.28. The van der Waals surface area contributed by atoms with Crippen LogP contribution in [0, 0.1) is 0 Å². The van der Waals surface area contributed by atoms with E-state index in [0.717, 1.165) is 12.0 Å². The summed E-state index contributed by atoms with van der Waals surface area (Å²) >= 11 is 0. The fourth-order valence-electron chi connectivity index (χ4n) is 1.64. The minimum Gasteiger partial charge on any atom is -0.297 e. The van der Waals surface area contributed by atoms with Crippen LogP contribution in [-0.2, 0) is 16.6 Å². The second kappa shape index (κ2) is 4.83. The molecule has 0 atom stereocenters. The van der Waals surface area contributed by atoms with Gasteiger partial charge in [0.2, 0.25) is 0 Å². The summed E-state index contributed by atoms with van der Waals surface area (Å²) in [7, 11) is -3.87. The first-order valence-corrected chi connectivity index (χ1v) is 6.95. The molecule has 0 aliphatic heterocycles. The van der Waals surface area contributed by atoms with Crippen LogP contribution in [0.5, 0.6) is 0 Å². The van der Waals surface area contributed by atoms with Gasteiger partial charge in [-0.25, -0.2) is 13.6 Å². The predicted octanol–water partition coefficient (Wildman–Crippen LogP) is 0.398. The van der Waals surface area contributed by atoms with Crippen LogP contribution in [0.15, 0.2) is 29.7 Å². The van der Waals surface area contributed by atoms with E-state index in [2.05, 4.69) is 15.2 Å². The van der Waals surface area contributed by atoms with E-state index in [9.17, 15) is 8.42 Å². The van der Waals surface area contributed by atoms with Crippen LogP contribution in [0.1, 0.15) is 13.3 Å². The second-order valence-electron chi connectivity index (χ2n) is 3.74. The summed E-state index contributed by atoms with van der Waals surface area (Å²) in [6.07, 6.45) is 3.96. The predicted molar refractivity (Wildman–Crippen MR) is 64.9 cm³/mol. The van der Waals surface area contributed by atoms with Crippen molar-refractivity contribution in [3.05, 3.63) is 24.5 Å². The molecule has 18 heavy (non-hydrogen) atoms. The number of nitrogens with two attached hydrogens (primary N) is 1. The molecule has 0 unspecified atom stereocenters.